The summed E-state index contributed by atoms with van der Waals surface area (Å²) < 4.78 is 5.53. The molecule has 1 amide bonds. The number of hydrogen-bond acceptors (Lipinski definition) is 4. The number of anilines is 1. The number of amides is 1. The van der Waals surface area contributed by atoms with Crippen molar-refractivity contribution in [2.24, 2.45) is 0 Å². The van der Waals surface area contributed by atoms with Gasteiger partial charge in [0.2, 0.25) is 5.91 Å². The Morgan fingerprint density at radius 3 is 2.44 bits per heavy atom. The molecular weight excluding hydrogens is 338 g/mol. The molecular formula is C22H33N3O2. The van der Waals surface area contributed by atoms with Gasteiger partial charge in [-0.05, 0) is 50.4 Å². The van der Waals surface area contributed by atoms with Crippen molar-refractivity contribution < 1.29 is 9.53 Å². The van der Waals surface area contributed by atoms with Gasteiger partial charge in [-0.3, -0.25) is 9.69 Å². The highest BCUT2D eigenvalue weighted by atomic mass is 16.5. The number of nitrogens with one attached hydrogen (secondary N) is 1. The molecule has 1 unspecified atom stereocenters. The lowest BCUT2D eigenvalue weighted by Crippen LogP contribution is -2.49. The smallest absolute Gasteiger partial charge is 0.244 e. The zero-order valence-electron chi connectivity index (χ0n) is 16.6. The highest BCUT2D eigenvalue weighted by Gasteiger charge is 2.37. The Hall–Kier alpha value is -1.43. The SMILES string of the molecule is CNC1CCCN(c2ccc(C3(CN4CCOCC4)CCCC3)cc2)C1=O. The normalized spacial score (nSPS) is 26.5. The van der Waals surface area contributed by atoms with Crippen LogP contribution < -0.4 is 10.2 Å². The summed E-state index contributed by atoms with van der Waals surface area (Å²) in [6, 6.07) is 8.88. The van der Waals surface area contributed by atoms with Crippen molar-refractivity contribution in [3.63, 3.8) is 0 Å². The maximum absolute atomic E-state index is 12.7. The predicted octanol–water partition coefficient (Wildman–Crippen LogP) is 2.55. The monoisotopic (exact) mass is 371 g/mol. The highest BCUT2D eigenvalue weighted by Crippen LogP contribution is 2.42. The molecule has 0 aromatic heterocycles. The van der Waals surface area contributed by atoms with E-state index in [0.717, 1.165) is 57.9 Å². The fourth-order valence-electron chi connectivity index (χ4n) is 5.17. The van der Waals surface area contributed by atoms with Crippen LogP contribution in [0.1, 0.15) is 44.1 Å². The number of piperidine rings is 1. The highest BCUT2D eigenvalue weighted by molar-refractivity contribution is 5.97. The van der Waals surface area contributed by atoms with Crippen LogP contribution in [0.2, 0.25) is 0 Å². The third-order valence-corrected chi connectivity index (χ3v) is 6.77. The first kappa shape index (κ1) is 18.9. The average molecular weight is 372 g/mol. The molecule has 5 nitrogen and oxygen atoms in total. The molecule has 27 heavy (non-hydrogen) atoms. The number of ether oxygens (including phenoxy) is 1. The second kappa shape index (κ2) is 8.29. The Kier molecular flexibility index (Phi) is 5.81. The predicted molar refractivity (Wildman–Crippen MR) is 108 cm³/mol. The summed E-state index contributed by atoms with van der Waals surface area (Å²) in [6.07, 6.45) is 7.18. The number of morpholine rings is 1. The Balaban J connectivity index is 1.52. The van der Waals surface area contributed by atoms with Crippen LogP contribution in [0.15, 0.2) is 24.3 Å². The largest absolute Gasteiger partial charge is 0.379 e. The quantitative estimate of drug-likeness (QED) is 0.864. The molecule has 0 radical (unpaired) electrons. The second-order valence-electron chi connectivity index (χ2n) is 8.40. The van der Waals surface area contributed by atoms with Crippen molar-refractivity contribution in [3.05, 3.63) is 29.8 Å². The van der Waals surface area contributed by atoms with Crippen LogP contribution in [0.3, 0.4) is 0 Å². The standard InChI is InChI=1S/C22H33N3O2/c1-23-20-5-4-12-25(21(20)26)19-8-6-18(7-9-19)22(10-2-3-11-22)17-24-13-15-27-16-14-24/h6-9,20,23H,2-5,10-17H2,1H3. The Bertz CT molecular complexity index is 633. The number of nitrogens with zero attached hydrogens (tertiary/aromatic N) is 2. The lowest BCUT2D eigenvalue weighted by atomic mass is 9.78. The number of rotatable bonds is 5. The van der Waals surface area contributed by atoms with Crippen molar-refractivity contribution in [3.8, 4) is 0 Å². The fraction of sp³-hybridized carbons (Fsp3) is 0.682. The first-order chi connectivity index (χ1) is 13.2. The first-order valence-corrected chi connectivity index (χ1v) is 10.6. The topological polar surface area (TPSA) is 44.8 Å². The molecule has 1 aliphatic carbocycles. The number of carbonyl (C=O) groups excluding carboxylic acids is 1. The zero-order valence-corrected chi connectivity index (χ0v) is 16.6. The Morgan fingerprint density at radius 2 is 1.78 bits per heavy atom. The molecule has 5 heteroatoms. The van der Waals surface area contributed by atoms with Gasteiger partial charge >= 0.3 is 0 Å². The van der Waals surface area contributed by atoms with Crippen molar-refractivity contribution in [2.75, 3.05) is 51.3 Å². The van der Waals surface area contributed by atoms with E-state index in [0.29, 0.717) is 0 Å². The number of likely N-dealkylation sites (N-methyl/N-ethyl adjacent to an activating group) is 1. The maximum atomic E-state index is 12.7. The zero-order chi connectivity index (χ0) is 18.7. The van der Waals surface area contributed by atoms with Crippen molar-refractivity contribution >= 4 is 11.6 Å². The molecule has 2 saturated heterocycles. The molecule has 3 fully saturated rings. The van der Waals surface area contributed by atoms with E-state index in [-0.39, 0.29) is 17.4 Å². The van der Waals surface area contributed by atoms with Crippen LogP contribution in [0, 0.1) is 0 Å². The van der Waals surface area contributed by atoms with E-state index in [1.807, 2.05) is 11.9 Å². The van der Waals surface area contributed by atoms with E-state index in [1.54, 1.807) is 0 Å². The summed E-state index contributed by atoms with van der Waals surface area (Å²) in [4.78, 5) is 17.2. The second-order valence-corrected chi connectivity index (χ2v) is 8.40. The maximum Gasteiger partial charge on any atom is 0.244 e. The third kappa shape index (κ3) is 3.91. The molecule has 3 aliphatic rings. The van der Waals surface area contributed by atoms with E-state index in [4.69, 9.17) is 4.74 Å². The van der Waals surface area contributed by atoms with Crippen LogP contribution in [0.25, 0.3) is 0 Å². The van der Waals surface area contributed by atoms with Gasteiger partial charge in [0.15, 0.2) is 0 Å². The van der Waals surface area contributed by atoms with Crippen LogP contribution in [0.4, 0.5) is 5.69 Å². The van der Waals surface area contributed by atoms with E-state index in [2.05, 4.69) is 34.5 Å². The summed E-state index contributed by atoms with van der Waals surface area (Å²) in [5.74, 6) is 0.209. The van der Waals surface area contributed by atoms with E-state index in [1.165, 1.54) is 31.2 Å². The van der Waals surface area contributed by atoms with Gasteiger partial charge < -0.3 is 15.0 Å². The molecule has 0 bridgehead atoms. The molecule has 4 rings (SSSR count). The van der Waals surface area contributed by atoms with Gasteiger partial charge in [-0.15, -0.1) is 0 Å². The van der Waals surface area contributed by atoms with E-state index >= 15 is 0 Å². The minimum Gasteiger partial charge on any atom is -0.379 e. The van der Waals surface area contributed by atoms with Gasteiger partial charge in [-0.1, -0.05) is 25.0 Å². The van der Waals surface area contributed by atoms with Gasteiger partial charge in [0.05, 0.1) is 19.3 Å². The Morgan fingerprint density at radius 1 is 1.07 bits per heavy atom. The van der Waals surface area contributed by atoms with Gasteiger partial charge in [-0.2, -0.15) is 0 Å². The lowest BCUT2D eigenvalue weighted by molar-refractivity contribution is -0.121. The molecule has 1 aromatic carbocycles. The van der Waals surface area contributed by atoms with Gasteiger partial charge in [0.25, 0.3) is 0 Å². The van der Waals surface area contributed by atoms with Gasteiger partial charge in [-0.25, -0.2) is 0 Å². The summed E-state index contributed by atoms with van der Waals surface area (Å²) in [7, 11) is 1.88. The Labute approximate surface area is 163 Å². The molecule has 1 N–H and O–H groups in total. The first-order valence-electron chi connectivity index (χ1n) is 10.6. The van der Waals surface area contributed by atoms with Crippen molar-refractivity contribution in [1.82, 2.24) is 10.2 Å². The lowest BCUT2D eigenvalue weighted by Gasteiger charge is -2.38. The third-order valence-electron chi connectivity index (χ3n) is 6.77. The fourth-order valence-corrected chi connectivity index (χ4v) is 5.17. The summed E-state index contributed by atoms with van der Waals surface area (Å²) >= 11 is 0. The van der Waals surface area contributed by atoms with Gasteiger partial charge in [0, 0.05) is 37.3 Å². The van der Waals surface area contributed by atoms with Crippen molar-refractivity contribution in [2.45, 2.75) is 50.0 Å². The molecule has 1 saturated carbocycles. The summed E-state index contributed by atoms with van der Waals surface area (Å²) in [6.45, 7) is 5.79. The summed E-state index contributed by atoms with van der Waals surface area (Å²) in [5, 5.41) is 3.15. The molecule has 1 atom stereocenters. The minimum absolute atomic E-state index is 0.0408. The summed E-state index contributed by atoms with van der Waals surface area (Å²) in [5.41, 5.74) is 2.77. The van der Waals surface area contributed by atoms with Crippen LogP contribution >= 0.6 is 0 Å². The van der Waals surface area contributed by atoms with Crippen molar-refractivity contribution in [1.29, 1.82) is 0 Å². The minimum atomic E-state index is -0.0408. The number of benzene rings is 1. The molecule has 1 aromatic rings. The molecule has 0 spiro atoms. The molecule has 2 heterocycles. The number of carbonyl (C=O) groups is 1. The molecule has 148 valence electrons. The molecule has 2 aliphatic heterocycles. The van der Waals surface area contributed by atoms with Crippen LogP contribution in [-0.4, -0.2) is 63.3 Å². The average Bonchev–Trinajstić information content (AvgIpc) is 3.19. The number of hydrogen-bond donors (Lipinski definition) is 1. The van der Waals surface area contributed by atoms with Crippen LogP contribution in [0.5, 0.6) is 0 Å². The van der Waals surface area contributed by atoms with E-state index < -0.39 is 0 Å². The van der Waals surface area contributed by atoms with Crippen LogP contribution in [-0.2, 0) is 14.9 Å². The van der Waals surface area contributed by atoms with E-state index in [9.17, 15) is 4.79 Å². The van der Waals surface area contributed by atoms with Gasteiger partial charge in [0.1, 0.15) is 0 Å².